The molecule has 138 valence electrons. The van der Waals surface area contributed by atoms with Crippen LogP contribution in [-0.2, 0) is 13.0 Å². The molecule has 0 N–H and O–H groups in total. The van der Waals surface area contributed by atoms with Gasteiger partial charge in [-0.15, -0.1) is 0 Å². The fourth-order valence-electron chi connectivity index (χ4n) is 4.03. The Kier molecular flexibility index (Phi) is 5.32. The average molecular weight is 373 g/mol. The summed E-state index contributed by atoms with van der Waals surface area (Å²) in [5.74, 6) is 1.90. The molecule has 2 saturated heterocycles. The Morgan fingerprint density at radius 1 is 1.08 bits per heavy atom. The summed E-state index contributed by atoms with van der Waals surface area (Å²) in [6.07, 6.45) is 4.54. The highest BCUT2D eigenvalue weighted by Crippen LogP contribution is 2.24. The van der Waals surface area contributed by atoms with Crippen molar-refractivity contribution in [1.82, 2.24) is 9.80 Å². The number of carbonyl (C=O) groups is 1. The molecule has 2 aromatic rings. The molecule has 3 heterocycles. The number of amides is 1. The third-order valence-corrected chi connectivity index (χ3v) is 5.71. The summed E-state index contributed by atoms with van der Waals surface area (Å²) < 4.78 is 5.84. The normalized spacial score (nSPS) is 20.8. The molecule has 0 bridgehead atoms. The number of likely N-dealkylation sites (tertiary alicyclic amines) is 2. The molecule has 0 spiro atoms. The third kappa shape index (κ3) is 4.13. The van der Waals surface area contributed by atoms with Crippen LogP contribution in [0.5, 0.6) is 0 Å². The SMILES string of the molecule is O=C(c1ccc(CN2CCCC2)o1)N1CCC(Cc2ccc(Cl)cc2)C1. The summed E-state index contributed by atoms with van der Waals surface area (Å²) in [5.41, 5.74) is 1.28. The van der Waals surface area contributed by atoms with Gasteiger partial charge in [-0.2, -0.15) is 0 Å². The smallest absolute Gasteiger partial charge is 0.289 e. The largest absolute Gasteiger partial charge is 0.455 e. The predicted molar refractivity (Wildman–Crippen MR) is 102 cm³/mol. The van der Waals surface area contributed by atoms with E-state index >= 15 is 0 Å². The van der Waals surface area contributed by atoms with E-state index in [-0.39, 0.29) is 5.91 Å². The van der Waals surface area contributed by atoms with Gasteiger partial charge in [-0.05, 0) is 74.5 Å². The highest BCUT2D eigenvalue weighted by Gasteiger charge is 2.28. The van der Waals surface area contributed by atoms with Crippen molar-refractivity contribution in [2.24, 2.45) is 5.92 Å². The minimum Gasteiger partial charge on any atom is -0.455 e. The second kappa shape index (κ2) is 7.85. The summed E-state index contributed by atoms with van der Waals surface area (Å²) in [6.45, 7) is 4.67. The fourth-order valence-corrected chi connectivity index (χ4v) is 4.16. The molecule has 26 heavy (non-hydrogen) atoms. The van der Waals surface area contributed by atoms with E-state index in [0.717, 1.165) is 56.3 Å². The second-order valence-corrected chi connectivity index (χ2v) is 7.92. The molecule has 2 aliphatic rings. The minimum atomic E-state index is 0.0243. The van der Waals surface area contributed by atoms with Crippen molar-refractivity contribution < 1.29 is 9.21 Å². The molecule has 2 aliphatic heterocycles. The lowest BCUT2D eigenvalue weighted by atomic mass is 9.99. The Labute approximate surface area is 159 Å². The number of benzene rings is 1. The average Bonchev–Trinajstić information content (AvgIpc) is 3.39. The Balaban J connectivity index is 1.32. The van der Waals surface area contributed by atoms with Crippen LogP contribution in [0.25, 0.3) is 0 Å². The molecule has 1 amide bonds. The first-order chi connectivity index (χ1) is 12.7. The van der Waals surface area contributed by atoms with Crippen LogP contribution in [0, 0.1) is 5.92 Å². The number of nitrogens with zero attached hydrogens (tertiary/aromatic N) is 2. The summed E-state index contributed by atoms with van der Waals surface area (Å²) >= 11 is 5.95. The Morgan fingerprint density at radius 3 is 2.62 bits per heavy atom. The Bertz CT molecular complexity index is 750. The van der Waals surface area contributed by atoms with E-state index in [9.17, 15) is 4.79 Å². The summed E-state index contributed by atoms with van der Waals surface area (Å²) in [5, 5.41) is 0.763. The van der Waals surface area contributed by atoms with Crippen molar-refractivity contribution in [3.8, 4) is 0 Å². The first-order valence-electron chi connectivity index (χ1n) is 9.52. The molecule has 5 heteroatoms. The van der Waals surface area contributed by atoms with Crippen LogP contribution >= 0.6 is 11.6 Å². The lowest BCUT2D eigenvalue weighted by molar-refractivity contribution is 0.0752. The van der Waals surface area contributed by atoms with Crippen LogP contribution in [-0.4, -0.2) is 41.9 Å². The number of carbonyl (C=O) groups excluding carboxylic acids is 1. The van der Waals surface area contributed by atoms with E-state index in [4.69, 9.17) is 16.0 Å². The molecular formula is C21H25ClN2O2. The first-order valence-corrected chi connectivity index (χ1v) is 9.90. The molecule has 0 radical (unpaired) electrons. The van der Waals surface area contributed by atoms with E-state index in [1.165, 1.54) is 18.4 Å². The first kappa shape index (κ1) is 17.6. The zero-order valence-electron chi connectivity index (χ0n) is 15.0. The van der Waals surface area contributed by atoms with Crippen LogP contribution < -0.4 is 0 Å². The monoisotopic (exact) mass is 372 g/mol. The van der Waals surface area contributed by atoms with E-state index < -0.39 is 0 Å². The molecule has 1 atom stereocenters. The zero-order valence-corrected chi connectivity index (χ0v) is 15.8. The molecule has 4 nitrogen and oxygen atoms in total. The van der Waals surface area contributed by atoms with Gasteiger partial charge in [0, 0.05) is 18.1 Å². The van der Waals surface area contributed by atoms with Gasteiger partial charge in [-0.25, -0.2) is 0 Å². The summed E-state index contributed by atoms with van der Waals surface area (Å²) in [7, 11) is 0. The lowest BCUT2D eigenvalue weighted by Gasteiger charge is -2.15. The highest BCUT2D eigenvalue weighted by atomic mass is 35.5. The fraction of sp³-hybridized carbons (Fsp3) is 0.476. The van der Waals surface area contributed by atoms with Gasteiger partial charge in [0.05, 0.1) is 6.54 Å². The van der Waals surface area contributed by atoms with Gasteiger partial charge >= 0.3 is 0 Å². The number of furan rings is 1. The maximum absolute atomic E-state index is 12.7. The van der Waals surface area contributed by atoms with Gasteiger partial charge in [0.1, 0.15) is 5.76 Å². The predicted octanol–water partition coefficient (Wildman–Crippen LogP) is 4.23. The molecule has 4 rings (SSSR count). The van der Waals surface area contributed by atoms with Crippen LogP contribution in [0.2, 0.25) is 5.02 Å². The Hall–Kier alpha value is -1.78. The topological polar surface area (TPSA) is 36.7 Å². The van der Waals surface area contributed by atoms with E-state index in [1.807, 2.05) is 29.2 Å². The van der Waals surface area contributed by atoms with Gasteiger partial charge in [-0.1, -0.05) is 23.7 Å². The van der Waals surface area contributed by atoms with Crippen LogP contribution in [0.15, 0.2) is 40.8 Å². The standard InChI is InChI=1S/C21H25ClN2O2/c22-18-5-3-16(4-6-18)13-17-9-12-24(14-17)21(25)20-8-7-19(26-20)15-23-10-1-2-11-23/h3-8,17H,1-2,9-15H2. The molecule has 1 aromatic heterocycles. The van der Waals surface area contributed by atoms with E-state index in [0.29, 0.717) is 11.7 Å². The van der Waals surface area contributed by atoms with E-state index in [1.54, 1.807) is 0 Å². The summed E-state index contributed by atoms with van der Waals surface area (Å²) in [4.78, 5) is 17.1. The molecule has 1 aromatic carbocycles. The van der Waals surface area contributed by atoms with Crippen molar-refractivity contribution in [3.05, 3.63) is 58.5 Å². The van der Waals surface area contributed by atoms with Gasteiger partial charge in [-0.3, -0.25) is 9.69 Å². The maximum Gasteiger partial charge on any atom is 0.289 e. The molecule has 0 saturated carbocycles. The van der Waals surface area contributed by atoms with Crippen molar-refractivity contribution in [1.29, 1.82) is 0 Å². The van der Waals surface area contributed by atoms with Crippen molar-refractivity contribution in [2.75, 3.05) is 26.2 Å². The van der Waals surface area contributed by atoms with Crippen molar-refractivity contribution >= 4 is 17.5 Å². The van der Waals surface area contributed by atoms with E-state index in [2.05, 4.69) is 17.0 Å². The van der Waals surface area contributed by atoms with Crippen molar-refractivity contribution in [3.63, 3.8) is 0 Å². The number of hydrogen-bond acceptors (Lipinski definition) is 3. The molecule has 2 fully saturated rings. The van der Waals surface area contributed by atoms with Gasteiger partial charge in [0.15, 0.2) is 5.76 Å². The number of halogens is 1. The minimum absolute atomic E-state index is 0.0243. The number of hydrogen-bond donors (Lipinski definition) is 0. The van der Waals surface area contributed by atoms with Crippen molar-refractivity contribution in [2.45, 2.75) is 32.2 Å². The molecular weight excluding hydrogens is 348 g/mol. The molecule has 1 unspecified atom stereocenters. The zero-order chi connectivity index (χ0) is 17.9. The summed E-state index contributed by atoms with van der Waals surface area (Å²) in [6, 6.07) is 11.8. The third-order valence-electron chi connectivity index (χ3n) is 5.46. The van der Waals surface area contributed by atoms with Crippen LogP contribution in [0.1, 0.15) is 41.1 Å². The lowest BCUT2D eigenvalue weighted by Crippen LogP contribution is -2.28. The highest BCUT2D eigenvalue weighted by molar-refractivity contribution is 6.30. The Morgan fingerprint density at radius 2 is 1.85 bits per heavy atom. The number of rotatable bonds is 5. The van der Waals surface area contributed by atoms with Gasteiger partial charge < -0.3 is 9.32 Å². The second-order valence-electron chi connectivity index (χ2n) is 7.49. The quantitative estimate of drug-likeness (QED) is 0.787. The van der Waals surface area contributed by atoms with Gasteiger partial charge in [0.2, 0.25) is 0 Å². The molecule has 0 aliphatic carbocycles. The van der Waals surface area contributed by atoms with Gasteiger partial charge in [0.25, 0.3) is 5.91 Å². The maximum atomic E-state index is 12.7. The van der Waals surface area contributed by atoms with Crippen LogP contribution in [0.4, 0.5) is 0 Å². The van der Waals surface area contributed by atoms with Crippen LogP contribution in [0.3, 0.4) is 0 Å².